The number of rotatable bonds is 4. The highest BCUT2D eigenvalue weighted by Gasteiger charge is 2.27. The Hall–Kier alpha value is -0.860. The van der Waals surface area contributed by atoms with E-state index in [1.165, 1.54) is 17.5 Å². The van der Waals surface area contributed by atoms with Gasteiger partial charge in [-0.25, -0.2) is 0 Å². The minimum absolute atomic E-state index is 0.387. The molecule has 0 amide bonds. The summed E-state index contributed by atoms with van der Waals surface area (Å²) in [6.45, 7) is 8.86. The number of nitrogens with zero attached hydrogens (tertiary/aromatic N) is 1. The van der Waals surface area contributed by atoms with Gasteiger partial charge in [-0.05, 0) is 30.4 Å². The van der Waals surface area contributed by atoms with Crippen molar-refractivity contribution in [3.63, 3.8) is 0 Å². The third kappa shape index (κ3) is 3.08. The molecule has 1 aromatic carbocycles. The van der Waals surface area contributed by atoms with Gasteiger partial charge in [0.2, 0.25) is 0 Å². The van der Waals surface area contributed by atoms with Crippen molar-refractivity contribution < 1.29 is 0 Å². The van der Waals surface area contributed by atoms with Gasteiger partial charge in [-0.1, -0.05) is 38.1 Å². The van der Waals surface area contributed by atoms with Crippen molar-refractivity contribution in [3.8, 4) is 0 Å². The molecule has 17 heavy (non-hydrogen) atoms. The van der Waals surface area contributed by atoms with E-state index in [1.54, 1.807) is 0 Å². The Kier molecular flexibility index (Phi) is 3.85. The van der Waals surface area contributed by atoms with Crippen LogP contribution >= 0.6 is 0 Å². The monoisotopic (exact) mass is 232 g/mol. The van der Waals surface area contributed by atoms with Gasteiger partial charge in [-0.3, -0.25) is 4.90 Å². The first kappa shape index (κ1) is 12.6. The van der Waals surface area contributed by atoms with Crippen molar-refractivity contribution in [2.24, 2.45) is 11.7 Å². The summed E-state index contributed by atoms with van der Waals surface area (Å²) in [7, 11) is 0. The van der Waals surface area contributed by atoms with Crippen LogP contribution in [0.15, 0.2) is 24.3 Å². The molecule has 1 aliphatic heterocycles. The van der Waals surface area contributed by atoms with Crippen LogP contribution in [0.3, 0.4) is 0 Å². The summed E-state index contributed by atoms with van der Waals surface area (Å²) in [5.41, 5.74) is 8.67. The SMILES string of the molecule is CC(C)Cc1ccc(C(C)N2CC(N)C2)cc1. The van der Waals surface area contributed by atoms with Crippen LogP contribution in [-0.4, -0.2) is 24.0 Å². The van der Waals surface area contributed by atoms with E-state index < -0.39 is 0 Å². The summed E-state index contributed by atoms with van der Waals surface area (Å²) in [5.74, 6) is 0.728. The Labute approximate surface area is 105 Å². The summed E-state index contributed by atoms with van der Waals surface area (Å²) >= 11 is 0. The second kappa shape index (κ2) is 5.19. The van der Waals surface area contributed by atoms with Crippen LogP contribution in [0.2, 0.25) is 0 Å². The van der Waals surface area contributed by atoms with Gasteiger partial charge in [0.15, 0.2) is 0 Å². The number of nitrogens with two attached hydrogens (primary N) is 1. The largest absolute Gasteiger partial charge is 0.325 e. The molecule has 1 atom stereocenters. The third-order valence-corrected chi connectivity index (χ3v) is 3.59. The quantitative estimate of drug-likeness (QED) is 0.864. The summed E-state index contributed by atoms with van der Waals surface area (Å²) in [4.78, 5) is 2.43. The molecule has 0 spiro atoms. The first-order chi connectivity index (χ1) is 8.06. The summed E-state index contributed by atoms with van der Waals surface area (Å²) in [6.07, 6.45) is 1.17. The van der Waals surface area contributed by atoms with Crippen LogP contribution < -0.4 is 5.73 Å². The maximum Gasteiger partial charge on any atom is 0.0321 e. The van der Waals surface area contributed by atoms with Gasteiger partial charge >= 0.3 is 0 Å². The number of benzene rings is 1. The normalized spacial score (nSPS) is 19.4. The molecule has 2 N–H and O–H groups in total. The smallest absolute Gasteiger partial charge is 0.0321 e. The molecule has 0 saturated carbocycles. The molecule has 2 nitrogen and oxygen atoms in total. The lowest BCUT2D eigenvalue weighted by Crippen LogP contribution is -2.56. The lowest BCUT2D eigenvalue weighted by molar-refractivity contribution is 0.103. The van der Waals surface area contributed by atoms with Crippen LogP contribution in [0.4, 0.5) is 0 Å². The fourth-order valence-electron chi connectivity index (χ4n) is 2.48. The molecule has 2 heteroatoms. The molecule has 1 fully saturated rings. The van der Waals surface area contributed by atoms with E-state index in [1.807, 2.05) is 0 Å². The molecular formula is C15H24N2. The standard InChI is InChI=1S/C15H24N2/c1-11(2)8-13-4-6-14(7-5-13)12(3)17-9-15(16)10-17/h4-7,11-12,15H,8-10,16H2,1-3H3. The Balaban J connectivity index is 1.97. The Morgan fingerprint density at radius 3 is 2.24 bits per heavy atom. The van der Waals surface area contributed by atoms with Gasteiger partial charge < -0.3 is 5.73 Å². The van der Waals surface area contributed by atoms with E-state index in [4.69, 9.17) is 5.73 Å². The van der Waals surface area contributed by atoms with Crippen molar-refractivity contribution in [3.05, 3.63) is 35.4 Å². The van der Waals surface area contributed by atoms with Crippen LogP contribution in [-0.2, 0) is 6.42 Å². The number of hydrogen-bond acceptors (Lipinski definition) is 2. The molecule has 0 radical (unpaired) electrons. The average Bonchev–Trinajstić information content (AvgIpc) is 2.24. The van der Waals surface area contributed by atoms with Crippen LogP contribution in [0.5, 0.6) is 0 Å². The minimum Gasteiger partial charge on any atom is -0.325 e. The lowest BCUT2D eigenvalue weighted by Gasteiger charge is -2.41. The summed E-state index contributed by atoms with van der Waals surface area (Å²) in [6, 6.07) is 9.97. The van der Waals surface area contributed by atoms with Crippen molar-refractivity contribution >= 4 is 0 Å². The first-order valence-corrected chi connectivity index (χ1v) is 6.64. The Morgan fingerprint density at radius 1 is 1.18 bits per heavy atom. The molecule has 94 valence electrons. The van der Waals surface area contributed by atoms with E-state index in [0.717, 1.165) is 19.0 Å². The van der Waals surface area contributed by atoms with E-state index in [0.29, 0.717) is 12.1 Å². The zero-order valence-electron chi connectivity index (χ0n) is 11.2. The lowest BCUT2D eigenvalue weighted by atomic mass is 9.97. The second-order valence-corrected chi connectivity index (χ2v) is 5.73. The molecule has 1 heterocycles. The molecular weight excluding hydrogens is 208 g/mol. The molecule has 0 aromatic heterocycles. The zero-order chi connectivity index (χ0) is 12.4. The van der Waals surface area contributed by atoms with Crippen molar-refractivity contribution in [1.29, 1.82) is 0 Å². The number of likely N-dealkylation sites (tertiary alicyclic amines) is 1. The van der Waals surface area contributed by atoms with Gasteiger partial charge in [0.1, 0.15) is 0 Å². The molecule has 1 unspecified atom stereocenters. The highest BCUT2D eigenvalue weighted by atomic mass is 15.2. The van der Waals surface area contributed by atoms with Gasteiger partial charge in [0.25, 0.3) is 0 Å². The van der Waals surface area contributed by atoms with E-state index in [2.05, 4.69) is 49.9 Å². The van der Waals surface area contributed by atoms with Crippen LogP contribution in [0.1, 0.15) is 37.9 Å². The van der Waals surface area contributed by atoms with Gasteiger partial charge in [0.05, 0.1) is 0 Å². The molecule has 1 aliphatic rings. The Bertz CT molecular complexity index is 350. The fourth-order valence-corrected chi connectivity index (χ4v) is 2.48. The highest BCUT2D eigenvalue weighted by molar-refractivity contribution is 5.25. The molecule has 1 aromatic rings. The Morgan fingerprint density at radius 2 is 1.76 bits per heavy atom. The summed E-state index contributed by atoms with van der Waals surface area (Å²) < 4.78 is 0. The molecule has 2 rings (SSSR count). The third-order valence-electron chi connectivity index (χ3n) is 3.59. The maximum absolute atomic E-state index is 5.82. The fraction of sp³-hybridized carbons (Fsp3) is 0.600. The minimum atomic E-state index is 0.387. The van der Waals surface area contributed by atoms with Gasteiger partial charge in [0, 0.05) is 25.2 Å². The van der Waals surface area contributed by atoms with Gasteiger partial charge in [-0.15, -0.1) is 0 Å². The van der Waals surface area contributed by atoms with E-state index >= 15 is 0 Å². The van der Waals surface area contributed by atoms with E-state index in [-0.39, 0.29) is 0 Å². The predicted molar refractivity (Wildman–Crippen MR) is 72.9 cm³/mol. The van der Waals surface area contributed by atoms with Crippen LogP contribution in [0, 0.1) is 5.92 Å². The van der Waals surface area contributed by atoms with Crippen LogP contribution in [0.25, 0.3) is 0 Å². The molecule has 1 saturated heterocycles. The second-order valence-electron chi connectivity index (χ2n) is 5.73. The highest BCUT2D eigenvalue weighted by Crippen LogP contribution is 2.25. The molecule has 0 aliphatic carbocycles. The summed E-state index contributed by atoms with van der Waals surface area (Å²) in [5, 5.41) is 0. The zero-order valence-corrected chi connectivity index (χ0v) is 11.2. The van der Waals surface area contributed by atoms with E-state index in [9.17, 15) is 0 Å². The predicted octanol–water partition coefficient (Wildman–Crippen LogP) is 2.59. The average molecular weight is 232 g/mol. The molecule has 0 bridgehead atoms. The van der Waals surface area contributed by atoms with Crippen molar-refractivity contribution in [2.45, 2.75) is 39.3 Å². The number of hydrogen-bond donors (Lipinski definition) is 1. The van der Waals surface area contributed by atoms with Gasteiger partial charge in [-0.2, -0.15) is 0 Å². The van der Waals surface area contributed by atoms with Crippen molar-refractivity contribution in [1.82, 2.24) is 4.90 Å². The van der Waals surface area contributed by atoms with Crippen molar-refractivity contribution in [2.75, 3.05) is 13.1 Å². The topological polar surface area (TPSA) is 29.3 Å². The maximum atomic E-state index is 5.82. The first-order valence-electron chi connectivity index (χ1n) is 6.64.